The minimum absolute atomic E-state index is 0.0122. The molecule has 0 aliphatic rings. The van der Waals surface area contributed by atoms with Crippen molar-refractivity contribution in [1.29, 1.82) is 0 Å². The first kappa shape index (κ1) is 42.8. The summed E-state index contributed by atoms with van der Waals surface area (Å²) in [7, 11) is 0. The van der Waals surface area contributed by atoms with Gasteiger partial charge in [-0.3, -0.25) is 9.59 Å². The lowest BCUT2D eigenvalue weighted by atomic mass is 10.1. The second kappa shape index (κ2) is 33.2. The molecule has 0 aliphatic carbocycles. The van der Waals surface area contributed by atoms with Gasteiger partial charge in [-0.25, -0.2) is 0 Å². The van der Waals surface area contributed by atoms with Gasteiger partial charge < -0.3 is 37.9 Å². The minimum Gasteiger partial charge on any atom is -0.491 e. The summed E-state index contributed by atoms with van der Waals surface area (Å²) in [5.41, 5.74) is 2.44. The van der Waals surface area contributed by atoms with E-state index in [1.165, 1.54) is 25.0 Å². The van der Waals surface area contributed by atoms with Gasteiger partial charge in [0.05, 0.1) is 72.7 Å². The van der Waals surface area contributed by atoms with E-state index in [9.17, 15) is 9.59 Å². The molecule has 0 unspecified atom stereocenters. The molecular formula is C32H56O10S2. The fourth-order valence-corrected chi connectivity index (χ4v) is 4.83. The zero-order valence-electron chi connectivity index (χ0n) is 27.6. The SMILES string of the molecule is CC.CCOCCOc1cc(CSCCOCCOCCOCC(C)=O)cc(CSCCOCCOCCOCC(C)=O)c1. The van der Waals surface area contributed by atoms with E-state index in [4.69, 9.17) is 37.9 Å². The van der Waals surface area contributed by atoms with Gasteiger partial charge in [-0.15, -0.1) is 0 Å². The average Bonchev–Trinajstić information content (AvgIpc) is 3.01. The van der Waals surface area contributed by atoms with E-state index >= 15 is 0 Å². The topological polar surface area (TPSA) is 108 Å². The van der Waals surface area contributed by atoms with E-state index in [1.54, 1.807) is 0 Å². The van der Waals surface area contributed by atoms with Crippen LogP contribution in [0, 0.1) is 0 Å². The van der Waals surface area contributed by atoms with E-state index in [-0.39, 0.29) is 24.8 Å². The highest BCUT2D eigenvalue weighted by atomic mass is 32.2. The van der Waals surface area contributed by atoms with Gasteiger partial charge in [-0.2, -0.15) is 23.5 Å². The van der Waals surface area contributed by atoms with Crippen LogP contribution in [0.15, 0.2) is 18.2 Å². The van der Waals surface area contributed by atoms with Crippen LogP contribution in [0.5, 0.6) is 5.75 Å². The smallest absolute Gasteiger partial charge is 0.155 e. The lowest BCUT2D eigenvalue weighted by Gasteiger charge is -2.12. The van der Waals surface area contributed by atoms with Crippen molar-refractivity contribution in [2.75, 3.05) is 111 Å². The highest BCUT2D eigenvalue weighted by Crippen LogP contribution is 2.24. The standard InChI is InChI=1S/C30H50O10S2.C2H6/c1-4-33-13-14-40-30-20-28(24-41-17-15-36-7-5-34-9-11-38-22-26(2)31)19-29(21-30)25-42-18-16-37-8-6-35-10-12-39-23-27(3)32;1-2/h19-21H,4-18,22-25H2,1-3H3;1-2H3. The van der Waals surface area contributed by atoms with Crippen LogP contribution >= 0.6 is 23.5 Å². The Bertz CT molecular complexity index is 757. The Balaban J connectivity index is 0.00000904. The molecule has 0 saturated heterocycles. The van der Waals surface area contributed by atoms with Crippen LogP contribution < -0.4 is 4.74 Å². The second-order valence-corrected chi connectivity index (χ2v) is 11.3. The largest absolute Gasteiger partial charge is 0.491 e. The molecular weight excluding hydrogens is 608 g/mol. The average molecular weight is 665 g/mol. The number of rotatable bonds is 31. The molecule has 1 rings (SSSR count). The number of thioether (sulfide) groups is 2. The third-order valence-electron chi connectivity index (χ3n) is 5.11. The lowest BCUT2D eigenvalue weighted by molar-refractivity contribution is -0.122. The van der Waals surface area contributed by atoms with Gasteiger partial charge in [0, 0.05) is 29.6 Å². The van der Waals surface area contributed by atoms with E-state index in [1.807, 2.05) is 44.3 Å². The first-order chi connectivity index (χ1) is 21.5. The molecule has 1 aromatic rings. The highest BCUT2D eigenvalue weighted by Gasteiger charge is 2.05. The van der Waals surface area contributed by atoms with Gasteiger partial charge >= 0.3 is 0 Å². The number of Topliss-reactive ketones (excluding diaryl/α,β-unsaturated/α-hetero) is 2. The monoisotopic (exact) mass is 664 g/mol. The highest BCUT2D eigenvalue weighted by molar-refractivity contribution is 7.98. The molecule has 0 aromatic heterocycles. The molecule has 0 N–H and O–H groups in total. The molecule has 0 fully saturated rings. The first-order valence-corrected chi connectivity index (χ1v) is 17.8. The van der Waals surface area contributed by atoms with Crippen LogP contribution in [0.25, 0.3) is 0 Å². The predicted molar refractivity (Wildman–Crippen MR) is 178 cm³/mol. The fourth-order valence-electron chi connectivity index (χ4n) is 3.27. The fraction of sp³-hybridized carbons (Fsp3) is 0.750. The normalized spacial score (nSPS) is 10.8. The number of ketones is 2. The summed E-state index contributed by atoms with van der Waals surface area (Å²) >= 11 is 3.64. The Kier molecular flexibility index (Phi) is 32.2. The summed E-state index contributed by atoms with van der Waals surface area (Å²) in [6.45, 7) is 16.1. The molecule has 0 radical (unpaired) electrons. The molecule has 1 aromatic carbocycles. The number of hydrogen-bond donors (Lipinski definition) is 0. The number of carbonyl (C=O) groups excluding carboxylic acids is 2. The maximum atomic E-state index is 10.8. The lowest BCUT2D eigenvalue weighted by Crippen LogP contribution is -2.12. The van der Waals surface area contributed by atoms with E-state index in [0.29, 0.717) is 85.9 Å². The number of carbonyl (C=O) groups is 2. The van der Waals surface area contributed by atoms with Crippen molar-refractivity contribution in [1.82, 2.24) is 0 Å². The summed E-state index contributed by atoms with van der Waals surface area (Å²) in [6.07, 6.45) is 0. The van der Waals surface area contributed by atoms with Gasteiger partial charge in [0.15, 0.2) is 11.6 Å². The van der Waals surface area contributed by atoms with Crippen molar-refractivity contribution in [3.63, 3.8) is 0 Å². The number of ether oxygens (including phenoxy) is 8. The van der Waals surface area contributed by atoms with Crippen LogP contribution in [0.3, 0.4) is 0 Å². The molecule has 0 bridgehead atoms. The Morgan fingerprint density at radius 3 is 1.34 bits per heavy atom. The second-order valence-electron chi connectivity index (χ2n) is 9.09. The van der Waals surface area contributed by atoms with E-state index in [0.717, 1.165) is 28.8 Å². The Labute approximate surface area is 273 Å². The van der Waals surface area contributed by atoms with Crippen LogP contribution in [-0.4, -0.2) is 122 Å². The van der Waals surface area contributed by atoms with E-state index < -0.39 is 0 Å². The summed E-state index contributed by atoms with van der Waals surface area (Å²) in [6, 6.07) is 6.44. The van der Waals surface area contributed by atoms with Crippen LogP contribution in [0.2, 0.25) is 0 Å². The zero-order valence-corrected chi connectivity index (χ0v) is 29.2. The third-order valence-corrected chi connectivity index (χ3v) is 7.09. The van der Waals surface area contributed by atoms with Crippen molar-refractivity contribution >= 4 is 35.1 Å². The van der Waals surface area contributed by atoms with Crippen LogP contribution in [0.4, 0.5) is 0 Å². The molecule has 0 atom stereocenters. The molecule has 0 spiro atoms. The molecule has 256 valence electrons. The van der Waals surface area contributed by atoms with Crippen LogP contribution in [0.1, 0.15) is 45.7 Å². The van der Waals surface area contributed by atoms with Crippen molar-refractivity contribution in [2.24, 2.45) is 0 Å². The molecule has 12 heteroatoms. The van der Waals surface area contributed by atoms with Crippen molar-refractivity contribution in [3.05, 3.63) is 29.3 Å². The van der Waals surface area contributed by atoms with Gasteiger partial charge in [0.1, 0.15) is 25.6 Å². The maximum absolute atomic E-state index is 10.8. The van der Waals surface area contributed by atoms with E-state index in [2.05, 4.69) is 18.2 Å². The van der Waals surface area contributed by atoms with Crippen molar-refractivity contribution in [3.8, 4) is 5.75 Å². The first-order valence-electron chi connectivity index (χ1n) is 15.5. The summed E-state index contributed by atoms with van der Waals surface area (Å²) in [4.78, 5) is 21.6. The molecule has 0 amide bonds. The summed E-state index contributed by atoms with van der Waals surface area (Å²) in [5, 5.41) is 0. The molecule has 0 heterocycles. The molecule has 10 nitrogen and oxygen atoms in total. The molecule has 0 saturated carbocycles. The van der Waals surface area contributed by atoms with Gasteiger partial charge in [0.2, 0.25) is 0 Å². The number of hydrogen-bond acceptors (Lipinski definition) is 12. The summed E-state index contributed by atoms with van der Waals surface area (Å²) in [5.74, 6) is 4.40. The van der Waals surface area contributed by atoms with Gasteiger partial charge in [-0.05, 0) is 44.0 Å². The Morgan fingerprint density at radius 2 is 0.932 bits per heavy atom. The molecule has 0 aliphatic heterocycles. The zero-order chi connectivity index (χ0) is 32.5. The number of benzene rings is 1. The Hall–Kier alpha value is -1.22. The maximum Gasteiger partial charge on any atom is 0.155 e. The molecule has 44 heavy (non-hydrogen) atoms. The Morgan fingerprint density at radius 1 is 0.545 bits per heavy atom. The minimum atomic E-state index is 0.0122. The van der Waals surface area contributed by atoms with Crippen molar-refractivity contribution in [2.45, 2.75) is 46.1 Å². The van der Waals surface area contributed by atoms with Gasteiger partial charge in [0.25, 0.3) is 0 Å². The summed E-state index contributed by atoms with van der Waals surface area (Å²) < 4.78 is 43.8. The quantitative estimate of drug-likeness (QED) is 0.101. The third kappa shape index (κ3) is 29.5. The van der Waals surface area contributed by atoms with Crippen molar-refractivity contribution < 1.29 is 47.5 Å². The van der Waals surface area contributed by atoms with Crippen LogP contribution in [-0.2, 0) is 54.3 Å². The predicted octanol–water partition coefficient (Wildman–Crippen LogP) is 4.87. The van der Waals surface area contributed by atoms with Gasteiger partial charge in [-0.1, -0.05) is 19.9 Å².